The highest BCUT2D eigenvalue weighted by Gasteiger charge is 2.42. The molecule has 6 nitrogen and oxygen atoms in total. The summed E-state index contributed by atoms with van der Waals surface area (Å²) >= 11 is 0. The van der Waals surface area contributed by atoms with Gasteiger partial charge in [-0.1, -0.05) is 18.2 Å². The van der Waals surface area contributed by atoms with E-state index < -0.39 is 0 Å². The predicted octanol–water partition coefficient (Wildman–Crippen LogP) is 4.35. The van der Waals surface area contributed by atoms with Crippen molar-refractivity contribution in [2.24, 2.45) is 5.92 Å². The first kappa shape index (κ1) is 22.1. The lowest BCUT2D eigenvalue weighted by Gasteiger charge is -2.49. The van der Waals surface area contributed by atoms with Gasteiger partial charge in [0.25, 0.3) is 0 Å². The van der Waals surface area contributed by atoms with Gasteiger partial charge >= 0.3 is 0 Å². The first-order chi connectivity index (χ1) is 16.6. The fourth-order valence-electron chi connectivity index (χ4n) is 5.04. The van der Waals surface area contributed by atoms with Crippen molar-refractivity contribution < 1.29 is 18.7 Å². The summed E-state index contributed by atoms with van der Waals surface area (Å²) in [6.07, 6.45) is 0.605. The third kappa shape index (κ3) is 4.14. The van der Waals surface area contributed by atoms with Crippen LogP contribution in [-0.4, -0.2) is 45.8 Å². The van der Waals surface area contributed by atoms with Crippen molar-refractivity contribution in [3.63, 3.8) is 0 Å². The lowest BCUT2D eigenvalue weighted by atomic mass is 9.83. The minimum Gasteiger partial charge on any atom is -0.497 e. The van der Waals surface area contributed by atoms with Crippen molar-refractivity contribution in [2.45, 2.75) is 12.5 Å². The van der Waals surface area contributed by atoms with Crippen molar-refractivity contribution in [2.75, 3.05) is 49.0 Å². The van der Waals surface area contributed by atoms with E-state index in [4.69, 9.17) is 9.47 Å². The van der Waals surface area contributed by atoms with Gasteiger partial charge in [0, 0.05) is 37.1 Å². The molecule has 2 heterocycles. The Morgan fingerprint density at radius 2 is 1.68 bits per heavy atom. The van der Waals surface area contributed by atoms with Gasteiger partial charge in [0.1, 0.15) is 17.3 Å². The van der Waals surface area contributed by atoms with Crippen LogP contribution in [0, 0.1) is 11.7 Å². The fraction of sp³-hybridized carbons (Fsp3) is 0.296. The predicted molar refractivity (Wildman–Crippen MR) is 132 cm³/mol. The highest BCUT2D eigenvalue weighted by molar-refractivity contribution is 5.94. The zero-order valence-corrected chi connectivity index (χ0v) is 19.3. The van der Waals surface area contributed by atoms with Gasteiger partial charge in [-0.2, -0.15) is 0 Å². The van der Waals surface area contributed by atoms with Gasteiger partial charge in [-0.25, -0.2) is 4.39 Å². The lowest BCUT2D eigenvalue weighted by molar-refractivity contribution is -0.120. The first-order valence-electron chi connectivity index (χ1n) is 11.5. The number of carbonyl (C=O) groups is 1. The second-order valence-electron chi connectivity index (χ2n) is 8.68. The first-order valence-corrected chi connectivity index (χ1v) is 11.5. The molecule has 7 heteroatoms. The van der Waals surface area contributed by atoms with Gasteiger partial charge < -0.3 is 24.6 Å². The minimum absolute atomic E-state index is 0.0444. The summed E-state index contributed by atoms with van der Waals surface area (Å²) < 4.78 is 25.3. The molecule has 34 heavy (non-hydrogen) atoms. The number of halogens is 1. The van der Waals surface area contributed by atoms with Crippen LogP contribution in [-0.2, 0) is 11.2 Å². The average molecular weight is 462 g/mol. The summed E-state index contributed by atoms with van der Waals surface area (Å²) in [6, 6.07) is 20.1. The number of piperazine rings is 1. The number of amides is 1. The number of anilines is 3. The van der Waals surface area contributed by atoms with Gasteiger partial charge in [-0.15, -0.1) is 0 Å². The van der Waals surface area contributed by atoms with E-state index in [1.165, 1.54) is 6.07 Å². The number of carbonyl (C=O) groups excluding carboxylic acids is 1. The second-order valence-corrected chi connectivity index (χ2v) is 8.68. The normalized spacial score (nSPS) is 19.1. The number of nitrogens with zero attached hydrogens (tertiary/aromatic N) is 2. The zero-order valence-electron chi connectivity index (χ0n) is 19.3. The van der Waals surface area contributed by atoms with Gasteiger partial charge in [-0.3, -0.25) is 4.79 Å². The van der Waals surface area contributed by atoms with E-state index in [0.717, 1.165) is 28.4 Å². The molecule has 1 N–H and O–H groups in total. The number of para-hydroxylation sites is 1. The van der Waals surface area contributed by atoms with E-state index in [2.05, 4.69) is 15.1 Å². The molecule has 1 amide bonds. The molecule has 0 radical (unpaired) electrons. The molecule has 0 bridgehead atoms. The molecule has 0 spiro atoms. The molecule has 2 aliphatic heterocycles. The topological polar surface area (TPSA) is 54.0 Å². The maximum atomic E-state index is 14.6. The van der Waals surface area contributed by atoms with E-state index >= 15 is 0 Å². The van der Waals surface area contributed by atoms with Crippen LogP contribution in [0.3, 0.4) is 0 Å². The van der Waals surface area contributed by atoms with Gasteiger partial charge in [0.05, 0.1) is 31.9 Å². The number of rotatable bonds is 5. The number of ether oxygens (including phenoxy) is 2. The SMILES string of the molecule is COc1ccc(NC(=O)[C@H]2Cc3ccc(OC)cc3N3CCN(c4ccccc4F)C[C@@H]23)cc1. The summed E-state index contributed by atoms with van der Waals surface area (Å²) in [5.41, 5.74) is 3.50. The van der Waals surface area contributed by atoms with Crippen LogP contribution < -0.4 is 24.6 Å². The van der Waals surface area contributed by atoms with Crippen LogP contribution in [0.5, 0.6) is 11.5 Å². The molecule has 3 aromatic carbocycles. The fourth-order valence-corrected chi connectivity index (χ4v) is 5.04. The molecule has 0 unspecified atom stereocenters. The molecule has 2 atom stereocenters. The zero-order chi connectivity index (χ0) is 23.7. The number of methoxy groups -OCH3 is 2. The monoisotopic (exact) mass is 461 g/mol. The van der Waals surface area contributed by atoms with Crippen LogP contribution >= 0.6 is 0 Å². The number of fused-ring (bicyclic) bond motifs is 3. The Labute approximate surface area is 198 Å². The van der Waals surface area contributed by atoms with Gasteiger partial charge in [0.15, 0.2) is 0 Å². The Morgan fingerprint density at radius 3 is 2.41 bits per heavy atom. The molecule has 0 saturated carbocycles. The molecule has 1 fully saturated rings. The smallest absolute Gasteiger partial charge is 0.229 e. The molecular formula is C27H28FN3O3. The largest absolute Gasteiger partial charge is 0.497 e. The van der Waals surface area contributed by atoms with Crippen LogP contribution in [0.4, 0.5) is 21.5 Å². The Hall–Kier alpha value is -3.74. The highest BCUT2D eigenvalue weighted by Crippen LogP contribution is 2.39. The summed E-state index contributed by atoms with van der Waals surface area (Å²) in [6.45, 7) is 1.91. The molecule has 0 aliphatic carbocycles. The van der Waals surface area contributed by atoms with E-state index in [1.807, 2.05) is 48.5 Å². The summed E-state index contributed by atoms with van der Waals surface area (Å²) in [4.78, 5) is 17.9. The molecule has 5 rings (SSSR count). The van der Waals surface area contributed by atoms with Crippen LogP contribution in [0.25, 0.3) is 0 Å². The summed E-state index contributed by atoms with van der Waals surface area (Å²) in [5.74, 6) is 0.940. The molecular weight excluding hydrogens is 433 g/mol. The lowest BCUT2D eigenvalue weighted by Crippen LogP contribution is -2.60. The van der Waals surface area contributed by atoms with Crippen molar-refractivity contribution in [1.29, 1.82) is 0 Å². The number of hydrogen-bond donors (Lipinski definition) is 1. The summed E-state index contributed by atoms with van der Waals surface area (Å²) in [7, 11) is 3.27. The molecule has 0 aromatic heterocycles. The van der Waals surface area contributed by atoms with E-state index in [-0.39, 0.29) is 23.7 Å². The molecule has 2 aliphatic rings. The van der Waals surface area contributed by atoms with E-state index in [9.17, 15) is 9.18 Å². The second kappa shape index (κ2) is 9.25. The highest BCUT2D eigenvalue weighted by atomic mass is 19.1. The summed E-state index contributed by atoms with van der Waals surface area (Å²) in [5, 5.41) is 3.08. The van der Waals surface area contributed by atoms with Crippen LogP contribution in [0.2, 0.25) is 0 Å². The Balaban J connectivity index is 1.46. The molecule has 176 valence electrons. The maximum absolute atomic E-state index is 14.6. The number of hydrogen-bond acceptors (Lipinski definition) is 5. The quantitative estimate of drug-likeness (QED) is 0.612. The van der Waals surface area contributed by atoms with Crippen LogP contribution in [0.1, 0.15) is 5.56 Å². The van der Waals surface area contributed by atoms with E-state index in [0.29, 0.717) is 31.7 Å². The Morgan fingerprint density at radius 1 is 0.941 bits per heavy atom. The number of benzene rings is 3. The van der Waals surface area contributed by atoms with E-state index in [1.54, 1.807) is 26.4 Å². The maximum Gasteiger partial charge on any atom is 0.229 e. The van der Waals surface area contributed by atoms with Crippen molar-refractivity contribution in [1.82, 2.24) is 0 Å². The van der Waals surface area contributed by atoms with Crippen molar-refractivity contribution >= 4 is 23.0 Å². The molecule has 3 aromatic rings. The van der Waals surface area contributed by atoms with Crippen molar-refractivity contribution in [3.05, 3.63) is 78.1 Å². The standard InChI is InChI=1S/C27H28FN3O3/c1-33-20-11-8-19(9-12-20)29-27(32)22-15-18-7-10-21(34-2)16-25(18)31-14-13-30(17-26(22)31)24-6-4-3-5-23(24)28/h3-12,16,22,26H,13-15,17H2,1-2H3,(H,29,32)/t22-,26-/m0/s1. The van der Waals surface area contributed by atoms with Crippen LogP contribution in [0.15, 0.2) is 66.7 Å². The minimum atomic E-state index is -0.294. The average Bonchev–Trinajstić information content (AvgIpc) is 2.88. The third-order valence-electron chi connectivity index (χ3n) is 6.81. The Kier molecular flexibility index (Phi) is 6.01. The van der Waals surface area contributed by atoms with Gasteiger partial charge in [0.2, 0.25) is 5.91 Å². The van der Waals surface area contributed by atoms with Crippen molar-refractivity contribution in [3.8, 4) is 11.5 Å². The third-order valence-corrected chi connectivity index (χ3v) is 6.81. The Bertz CT molecular complexity index is 1180. The molecule has 1 saturated heterocycles. The van der Waals surface area contributed by atoms with Gasteiger partial charge in [-0.05, 0) is 54.4 Å². The number of nitrogens with one attached hydrogen (secondary N) is 1.